The molecule has 0 fully saturated rings. The quantitative estimate of drug-likeness (QED) is 0.708. The minimum absolute atomic E-state index is 0.0717. The fraction of sp³-hybridized carbons (Fsp3) is 0.533. The molecule has 1 aromatic carbocycles. The molecule has 110 valence electrons. The van der Waals surface area contributed by atoms with Gasteiger partial charge in [0.25, 0.3) is 0 Å². The van der Waals surface area contributed by atoms with E-state index in [0.717, 1.165) is 12.5 Å². The minimum atomic E-state index is -0.645. The van der Waals surface area contributed by atoms with Gasteiger partial charge >= 0.3 is 0 Å². The van der Waals surface area contributed by atoms with Gasteiger partial charge in [0.1, 0.15) is 17.2 Å². The third-order valence-corrected chi connectivity index (χ3v) is 4.17. The zero-order valence-electron chi connectivity index (χ0n) is 12.1. The van der Waals surface area contributed by atoms with Crippen LogP contribution in [-0.2, 0) is 0 Å². The van der Waals surface area contributed by atoms with Crippen molar-refractivity contribution in [3.63, 3.8) is 0 Å². The van der Waals surface area contributed by atoms with Crippen LogP contribution in [0.5, 0.6) is 0 Å². The first-order valence-electron chi connectivity index (χ1n) is 6.87. The van der Waals surface area contributed by atoms with Crippen LogP contribution in [0.4, 0.5) is 8.78 Å². The third kappa shape index (κ3) is 2.53. The summed E-state index contributed by atoms with van der Waals surface area (Å²) >= 11 is 6.16. The predicted octanol–water partition coefficient (Wildman–Crippen LogP) is 5.22. The van der Waals surface area contributed by atoms with Crippen molar-refractivity contribution in [1.29, 1.82) is 0 Å². The van der Waals surface area contributed by atoms with E-state index in [4.69, 9.17) is 11.6 Å². The van der Waals surface area contributed by atoms with Crippen LogP contribution in [0.3, 0.4) is 0 Å². The van der Waals surface area contributed by atoms with E-state index < -0.39 is 11.6 Å². The van der Waals surface area contributed by atoms with Gasteiger partial charge in [-0.2, -0.15) is 0 Å². The summed E-state index contributed by atoms with van der Waals surface area (Å²) in [7, 11) is 0. The number of nitrogens with zero attached hydrogens (tertiary/aromatic N) is 2. The molecule has 3 unspecified atom stereocenters. The lowest BCUT2D eigenvalue weighted by Gasteiger charge is -2.23. The third-order valence-electron chi connectivity index (χ3n) is 3.97. The highest BCUT2D eigenvalue weighted by Crippen LogP contribution is 2.33. The van der Waals surface area contributed by atoms with Crippen LogP contribution in [0.1, 0.15) is 51.4 Å². The molecule has 0 aliphatic rings. The normalized spacial score (nSPS) is 16.4. The molecule has 0 saturated heterocycles. The molecule has 3 atom stereocenters. The lowest BCUT2D eigenvalue weighted by molar-refractivity contribution is 0.368. The van der Waals surface area contributed by atoms with Gasteiger partial charge in [0.2, 0.25) is 0 Å². The van der Waals surface area contributed by atoms with Gasteiger partial charge in [-0.15, -0.1) is 11.6 Å². The van der Waals surface area contributed by atoms with Crippen molar-refractivity contribution in [2.75, 3.05) is 0 Å². The Labute approximate surface area is 122 Å². The maximum atomic E-state index is 13.9. The number of hydrogen-bond donors (Lipinski definition) is 0. The van der Waals surface area contributed by atoms with Crippen LogP contribution in [0.2, 0.25) is 0 Å². The topological polar surface area (TPSA) is 17.8 Å². The first-order valence-corrected chi connectivity index (χ1v) is 7.31. The zero-order valence-corrected chi connectivity index (χ0v) is 12.9. The Balaban J connectivity index is 2.74. The second-order valence-corrected chi connectivity index (χ2v) is 5.99. The Kier molecular flexibility index (Phi) is 4.33. The molecule has 2 aromatic rings. The molecule has 0 aliphatic carbocycles. The van der Waals surface area contributed by atoms with E-state index in [-0.39, 0.29) is 16.9 Å². The van der Waals surface area contributed by atoms with Crippen molar-refractivity contribution >= 4 is 22.6 Å². The number of fused-ring (bicyclic) bond motifs is 1. The number of halogens is 3. The highest BCUT2D eigenvalue weighted by Gasteiger charge is 2.24. The van der Waals surface area contributed by atoms with E-state index in [1.807, 2.05) is 11.5 Å². The Morgan fingerprint density at radius 1 is 1.25 bits per heavy atom. The summed E-state index contributed by atoms with van der Waals surface area (Å²) in [6.07, 6.45) is 0.967. The van der Waals surface area contributed by atoms with E-state index in [0.29, 0.717) is 17.3 Å². The molecule has 1 heterocycles. The Hall–Kier alpha value is -1.16. The molecule has 0 amide bonds. The van der Waals surface area contributed by atoms with Gasteiger partial charge in [-0.05, 0) is 25.8 Å². The van der Waals surface area contributed by atoms with Gasteiger partial charge in [0.15, 0.2) is 5.82 Å². The number of aromatic nitrogens is 2. The highest BCUT2D eigenvalue weighted by atomic mass is 35.5. The average Bonchev–Trinajstić information content (AvgIpc) is 2.76. The summed E-state index contributed by atoms with van der Waals surface area (Å²) in [6.45, 7) is 8.01. The van der Waals surface area contributed by atoms with E-state index in [2.05, 4.69) is 18.8 Å². The standard InChI is InChI=1S/C15H19ClF2N2/c1-5-8(2)10(4)20-13-7-11(17)6-12(18)14(13)19-15(20)9(3)16/h6-10H,5H2,1-4H3. The maximum Gasteiger partial charge on any atom is 0.153 e. The summed E-state index contributed by atoms with van der Waals surface area (Å²) in [4.78, 5) is 4.28. The average molecular weight is 301 g/mol. The Bertz CT molecular complexity index is 622. The summed E-state index contributed by atoms with van der Waals surface area (Å²) < 4.78 is 29.3. The van der Waals surface area contributed by atoms with E-state index >= 15 is 0 Å². The molecule has 0 aliphatic heterocycles. The van der Waals surface area contributed by atoms with Crippen LogP contribution in [0.25, 0.3) is 11.0 Å². The van der Waals surface area contributed by atoms with Gasteiger partial charge in [-0.1, -0.05) is 20.3 Å². The van der Waals surface area contributed by atoms with Crippen molar-refractivity contribution in [1.82, 2.24) is 9.55 Å². The van der Waals surface area contributed by atoms with Crippen molar-refractivity contribution in [2.24, 2.45) is 5.92 Å². The molecule has 0 spiro atoms. The second kappa shape index (κ2) is 5.68. The van der Waals surface area contributed by atoms with E-state index in [1.165, 1.54) is 6.07 Å². The van der Waals surface area contributed by atoms with Crippen LogP contribution in [0, 0.1) is 17.6 Å². The van der Waals surface area contributed by atoms with Crippen molar-refractivity contribution in [3.8, 4) is 0 Å². The zero-order chi connectivity index (χ0) is 15.0. The molecule has 0 radical (unpaired) electrons. The SMILES string of the molecule is CCC(C)C(C)n1c(C(C)Cl)nc2c(F)cc(F)cc21. The molecule has 0 saturated carbocycles. The summed E-state index contributed by atoms with van der Waals surface area (Å²) in [6, 6.07) is 2.26. The van der Waals surface area contributed by atoms with Gasteiger partial charge in [0, 0.05) is 12.1 Å². The lowest BCUT2D eigenvalue weighted by atomic mass is 10.0. The first-order chi connectivity index (χ1) is 9.36. The molecule has 2 rings (SSSR count). The predicted molar refractivity (Wildman–Crippen MR) is 78.1 cm³/mol. The summed E-state index contributed by atoms with van der Waals surface area (Å²) in [5.74, 6) is -0.304. The van der Waals surface area contributed by atoms with Crippen LogP contribution in [-0.4, -0.2) is 9.55 Å². The van der Waals surface area contributed by atoms with Gasteiger partial charge < -0.3 is 4.57 Å². The van der Waals surface area contributed by atoms with Crippen LogP contribution in [0.15, 0.2) is 12.1 Å². The molecule has 0 N–H and O–H groups in total. The number of imidazole rings is 1. The fourth-order valence-corrected chi connectivity index (χ4v) is 2.60. The van der Waals surface area contributed by atoms with Crippen LogP contribution < -0.4 is 0 Å². The van der Waals surface area contributed by atoms with E-state index in [9.17, 15) is 8.78 Å². The van der Waals surface area contributed by atoms with Gasteiger partial charge in [-0.25, -0.2) is 13.8 Å². The smallest absolute Gasteiger partial charge is 0.153 e. The monoisotopic (exact) mass is 300 g/mol. The summed E-state index contributed by atoms with van der Waals surface area (Å²) in [5.41, 5.74) is 0.654. The van der Waals surface area contributed by atoms with Crippen molar-refractivity contribution in [3.05, 3.63) is 29.6 Å². The molecule has 5 heteroatoms. The minimum Gasteiger partial charge on any atom is -0.323 e. The largest absolute Gasteiger partial charge is 0.323 e. The van der Waals surface area contributed by atoms with Gasteiger partial charge in [-0.3, -0.25) is 0 Å². The highest BCUT2D eigenvalue weighted by molar-refractivity contribution is 6.20. The number of rotatable bonds is 4. The number of hydrogen-bond acceptors (Lipinski definition) is 1. The first kappa shape index (κ1) is 15.2. The Morgan fingerprint density at radius 3 is 2.45 bits per heavy atom. The molecule has 20 heavy (non-hydrogen) atoms. The molecule has 1 aromatic heterocycles. The van der Waals surface area contributed by atoms with E-state index in [1.54, 1.807) is 6.92 Å². The van der Waals surface area contributed by atoms with Crippen molar-refractivity contribution < 1.29 is 8.78 Å². The van der Waals surface area contributed by atoms with Gasteiger partial charge in [0.05, 0.1) is 10.9 Å². The molecule has 2 nitrogen and oxygen atoms in total. The number of alkyl halides is 1. The number of benzene rings is 1. The molecule has 0 bridgehead atoms. The lowest BCUT2D eigenvalue weighted by Crippen LogP contribution is -2.16. The summed E-state index contributed by atoms with van der Waals surface area (Å²) in [5, 5.41) is -0.364. The second-order valence-electron chi connectivity index (χ2n) is 5.34. The molecular formula is C15H19ClF2N2. The van der Waals surface area contributed by atoms with Crippen LogP contribution >= 0.6 is 11.6 Å². The Morgan fingerprint density at radius 2 is 1.90 bits per heavy atom. The maximum absolute atomic E-state index is 13.9. The fourth-order valence-electron chi connectivity index (χ4n) is 2.44. The molecular weight excluding hydrogens is 282 g/mol. The van der Waals surface area contributed by atoms with Crippen molar-refractivity contribution in [2.45, 2.75) is 45.5 Å².